The van der Waals surface area contributed by atoms with Gasteiger partial charge in [-0.05, 0) is 25.7 Å². The second kappa shape index (κ2) is 14.4. The molecule has 0 aromatic heterocycles. The molecule has 16 atom stereocenters. The van der Waals surface area contributed by atoms with E-state index in [1.165, 1.54) is 7.11 Å². The minimum absolute atomic E-state index is 0.164. The summed E-state index contributed by atoms with van der Waals surface area (Å²) >= 11 is 0. The van der Waals surface area contributed by atoms with Crippen LogP contribution < -0.4 is 0 Å². The van der Waals surface area contributed by atoms with Crippen LogP contribution in [0.5, 0.6) is 0 Å². The lowest BCUT2D eigenvalue weighted by molar-refractivity contribution is -0.379. The van der Waals surface area contributed by atoms with E-state index in [9.17, 15) is 45.0 Å². The van der Waals surface area contributed by atoms with Crippen LogP contribution in [0.2, 0.25) is 0 Å². The molecule has 0 radical (unpaired) electrons. The molecular weight excluding hydrogens is 604 g/mol. The van der Waals surface area contributed by atoms with Crippen molar-refractivity contribution in [1.82, 2.24) is 0 Å². The van der Waals surface area contributed by atoms with E-state index in [1.807, 2.05) is 0 Å². The zero-order valence-corrected chi connectivity index (χ0v) is 25.2. The first-order valence-corrected chi connectivity index (χ1v) is 15.5. The number of carbonyl (C=O) groups is 3. The van der Waals surface area contributed by atoms with Crippen molar-refractivity contribution in [2.75, 3.05) is 20.8 Å². The van der Waals surface area contributed by atoms with Gasteiger partial charge in [0.1, 0.15) is 43.5 Å². The quantitative estimate of drug-likeness (QED) is 0.0657. The molecule has 0 aromatic rings. The van der Waals surface area contributed by atoms with Gasteiger partial charge < -0.3 is 63.8 Å². The summed E-state index contributed by atoms with van der Waals surface area (Å²) in [5.41, 5.74) is 0. The van der Waals surface area contributed by atoms with Gasteiger partial charge >= 0.3 is 17.9 Å². The van der Waals surface area contributed by atoms with E-state index in [2.05, 4.69) is 4.74 Å². The highest BCUT2D eigenvalue weighted by molar-refractivity contribution is 5.91. The van der Waals surface area contributed by atoms with Crippen molar-refractivity contribution in [3.8, 4) is 0 Å². The Bertz CT molecular complexity index is 1060. The van der Waals surface area contributed by atoms with Crippen LogP contribution in [0.25, 0.3) is 0 Å². The molecule has 7 N–H and O–H groups in total. The molecule has 3 heterocycles. The lowest BCUT2D eigenvalue weighted by Gasteiger charge is -2.55. The number of hydrogen-bond donors (Lipinski definition) is 6. The maximum absolute atomic E-state index is 12.7. The fourth-order valence-corrected chi connectivity index (χ4v) is 7.72. The van der Waals surface area contributed by atoms with Crippen LogP contribution in [0.15, 0.2) is 0 Å². The lowest BCUT2D eigenvalue weighted by atomic mass is 9.64. The van der Waals surface area contributed by atoms with E-state index < -0.39 is 110 Å². The average Bonchev–Trinajstić information content (AvgIpc) is 3.01. The Labute approximate surface area is 259 Å². The highest BCUT2D eigenvalue weighted by Gasteiger charge is 2.62. The molecule has 0 bridgehead atoms. The highest BCUT2D eigenvalue weighted by atomic mass is 16.7. The molecule has 3 saturated heterocycles. The van der Waals surface area contributed by atoms with Crippen LogP contribution in [0, 0.1) is 17.8 Å². The predicted octanol–water partition coefficient (Wildman–Crippen LogP) is -3.20. The van der Waals surface area contributed by atoms with Crippen molar-refractivity contribution in [2.45, 2.75) is 124 Å². The first-order chi connectivity index (χ1) is 21.4. The van der Waals surface area contributed by atoms with E-state index in [0.29, 0.717) is 19.3 Å². The summed E-state index contributed by atoms with van der Waals surface area (Å²) in [4.78, 5) is 36.1. The van der Waals surface area contributed by atoms with Gasteiger partial charge in [0.25, 0.3) is 0 Å². The van der Waals surface area contributed by atoms with Crippen molar-refractivity contribution in [3.05, 3.63) is 0 Å². The Morgan fingerprint density at radius 3 is 2.27 bits per heavy atom. The number of methoxy groups -OCH3 is 2. The van der Waals surface area contributed by atoms with Gasteiger partial charge in [-0.2, -0.15) is 0 Å². The smallest absolute Gasteiger partial charge is 0.334 e. The standard InChI is InChI=1S/C29H44O16/c1-39-20(33)9-21(34)41-10-19-23(35)24(36)25(37)29(44-19)45-27-13-8-18(28(38)40-2)42-16-6-12(30)7-17(22(13)16)43-26(27)11-3-4-14(31)15(32)5-11/h11-19,22-27,29-32,35-37H,3-10H2,1-2H3/p+1. The van der Waals surface area contributed by atoms with Gasteiger partial charge in [0.05, 0.1) is 44.6 Å². The number of ether oxygens (including phenoxy) is 7. The van der Waals surface area contributed by atoms with Crippen LogP contribution in [-0.4, -0.2) is 154 Å². The number of aliphatic hydroxyl groups is 8. The molecule has 5 rings (SSSR count). The zero-order valence-electron chi connectivity index (χ0n) is 25.2. The fourth-order valence-electron chi connectivity index (χ4n) is 7.72. The largest absolute Gasteiger partial charge is 0.469 e. The first-order valence-electron chi connectivity index (χ1n) is 15.5. The summed E-state index contributed by atoms with van der Waals surface area (Å²) in [6, 6.07) is 0. The Morgan fingerprint density at radius 1 is 0.822 bits per heavy atom. The second-order valence-corrected chi connectivity index (χ2v) is 12.8. The molecule has 2 saturated carbocycles. The SMILES string of the molecule is COC(=O)CC(=O)OCC1OC(OC2C3CC(C(=O)OC)OC4CC(O)CC([OH+]C2C2CCC(O)C(O)C2)C43)C(O)C(O)C1O. The van der Waals surface area contributed by atoms with E-state index in [4.69, 9.17) is 28.4 Å². The van der Waals surface area contributed by atoms with Gasteiger partial charge in [-0.3, -0.25) is 9.59 Å². The van der Waals surface area contributed by atoms with Gasteiger partial charge in [0.2, 0.25) is 0 Å². The average molecular weight is 650 g/mol. The Balaban J connectivity index is 1.41. The summed E-state index contributed by atoms with van der Waals surface area (Å²) in [5.74, 6) is -3.36. The third kappa shape index (κ3) is 7.30. The topological polar surface area (TPSA) is 241 Å². The molecule has 0 spiro atoms. The molecule has 0 amide bonds. The lowest BCUT2D eigenvalue weighted by Crippen LogP contribution is -2.68. The third-order valence-electron chi connectivity index (χ3n) is 9.99. The van der Waals surface area contributed by atoms with E-state index in [0.717, 1.165) is 7.11 Å². The molecule has 3 aliphatic heterocycles. The van der Waals surface area contributed by atoms with Crippen LogP contribution in [-0.2, 0) is 42.8 Å². The van der Waals surface area contributed by atoms with E-state index >= 15 is 0 Å². The number of esters is 3. The molecule has 2 aliphatic carbocycles. The molecular formula is C29H45O16+. The Kier molecular flexibility index (Phi) is 11.0. The summed E-state index contributed by atoms with van der Waals surface area (Å²) in [6.45, 7) is -0.571. The monoisotopic (exact) mass is 649 g/mol. The molecule has 45 heavy (non-hydrogen) atoms. The third-order valence-corrected chi connectivity index (χ3v) is 9.99. The number of rotatable bonds is 8. The maximum atomic E-state index is 12.7. The highest BCUT2D eigenvalue weighted by Crippen LogP contribution is 2.50. The minimum atomic E-state index is -1.76. The number of carbonyl (C=O) groups excluding carboxylic acids is 3. The summed E-state index contributed by atoms with van der Waals surface area (Å²) < 4.78 is 38.0. The first kappa shape index (κ1) is 34.3. The molecule has 256 valence electrons. The summed E-state index contributed by atoms with van der Waals surface area (Å²) in [6.07, 6.45) is -12.9. The van der Waals surface area contributed by atoms with Crippen LogP contribution in [0.1, 0.15) is 44.9 Å². The molecule has 0 aromatic carbocycles. The van der Waals surface area contributed by atoms with Crippen molar-refractivity contribution < 1.29 is 78.2 Å². The fraction of sp³-hybridized carbons (Fsp3) is 0.897. The van der Waals surface area contributed by atoms with Gasteiger partial charge in [-0.15, -0.1) is 0 Å². The van der Waals surface area contributed by atoms with E-state index in [1.54, 1.807) is 0 Å². The van der Waals surface area contributed by atoms with Crippen molar-refractivity contribution in [2.24, 2.45) is 17.8 Å². The van der Waals surface area contributed by atoms with Crippen molar-refractivity contribution in [3.63, 3.8) is 0 Å². The van der Waals surface area contributed by atoms with E-state index in [-0.39, 0.29) is 37.2 Å². The Hall–Kier alpha value is -1.99. The summed E-state index contributed by atoms with van der Waals surface area (Å²) in [5, 5.41) is 63.7. The van der Waals surface area contributed by atoms with Crippen molar-refractivity contribution >= 4 is 17.9 Å². The van der Waals surface area contributed by atoms with Crippen LogP contribution in [0.3, 0.4) is 0 Å². The Morgan fingerprint density at radius 2 is 1.58 bits per heavy atom. The number of aliphatic hydroxyl groups excluding tert-OH is 6. The van der Waals surface area contributed by atoms with Gasteiger partial charge in [-0.1, -0.05) is 0 Å². The minimum Gasteiger partial charge on any atom is -0.469 e. The molecule has 16 unspecified atom stereocenters. The maximum Gasteiger partial charge on any atom is 0.334 e. The van der Waals surface area contributed by atoms with Gasteiger partial charge in [-0.25, -0.2) is 4.79 Å². The van der Waals surface area contributed by atoms with Crippen LogP contribution in [0.4, 0.5) is 0 Å². The second-order valence-electron chi connectivity index (χ2n) is 12.8. The predicted molar refractivity (Wildman–Crippen MR) is 146 cm³/mol. The molecule has 5 fully saturated rings. The van der Waals surface area contributed by atoms with Crippen LogP contribution >= 0.6 is 0 Å². The normalized spacial score (nSPS) is 46.4. The molecule has 16 heteroatoms. The van der Waals surface area contributed by atoms with Gasteiger partial charge in [0, 0.05) is 24.7 Å². The molecule has 16 nitrogen and oxygen atoms in total. The summed E-state index contributed by atoms with van der Waals surface area (Å²) in [7, 11) is 2.35. The van der Waals surface area contributed by atoms with Gasteiger partial charge in [0.15, 0.2) is 24.6 Å². The molecule has 5 aliphatic rings. The zero-order chi connectivity index (χ0) is 32.6. The number of hydrogen-bond acceptors (Lipinski definition) is 15. The van der Waals surface area contributed by atoms with Crippen molar-refractivity contribution in [1.29, 1.82) is 0 Å².